The number of aromatic nitrogens is 1. The van der Waals surface area contributed by atoms with Gasteiger partial charge in [-0.15, -0.1) is 0 Å². The molecule has 0 aliphatic carbocycles. The van der Waals surface area contributed by atoms with Crippen molar-refractivity contribution in [3.63, 3.8) is 0 Å². The SMILES string of the molecule is Cc1cc([C@H](O)CC(=O)O)c(C)[nH]1. The molecule has 1 heterocycles. The number of carboxylic acid groups (broad SMARTS) is 1. The van der Waals surface area contributed by atoms with E-state index in [1.54, 1.807) is 6.07 Å². The zero-order valence-corrected chi connectivity index (χ0v) is 7.66. The van der Waals surface area contributed by atoms with Crippen molar-refractivity contribution >= 4 is 5.97 Å². The van der Waals surface area contributed by atoms with Crippen LogP contribution in [-0.4, -0.2) is 21.2 Å². The van der Waals surface area contributed by atoms with Gasteiger partial charge in [-0.05, 0) is 19.9 Å². The number of rotatable bonds is 3. The number of aryl methyl sites for hydroxylation is 2. The van der Waals surface area contributed by atoms with Crippen molar-refractivity contribution in [1.82, 2.24) is 4.98 Å². The van der Waals surface area contributed by atoms with Gasteiger partial charge in [-0.25, -0.2) is 0 Å². The summed E-state index contributed by atoms with van der Waals surface area (Å²) in [6.07, 6.45) is -1.17. The van der Waals surface area contributed by atoms with Crippen LogP contribution in [0.2, 0.25) is 0 Å². The Hall–Kier alpha value is -1.29. The second-order valence-electron chi connectivity index (χ2n) is 3.15. The average molecular weight is 183 g/mol. The molecule has 72 valence electrons. The van der Waals surface area contributed by atoms with Crippen molar-refractivity contribution in [2.24, 2.45) is 0 Å². The van der Waals surface area contributed by atoms with Crippen LogP contribution >= 0.6 is 0 Å². The summed E-state index contributed by atoms with van der Waals surface area (Å²) >= 11 is 0. The number of aliphatic hydroxyl groups excluding tert-OH is 1. The third-order valence-electron chi connectivity index (χ3n) is 1.92. The number of aliphatic carboxylic acids is 1. The number of H-pyrrole nitrogens is 1. The molecule has 1 aromatic rings. The summed E-state index contributed by atoms with van der Waals surface area (Å²) in [7, 11) is 0. The Morgan fingerprint density at radius 3 is 2.62 bits per heavy atom. The van der Waals surface area contributed by atoms with Crippen LogP contribution in [0.1, 0.15) is 29.5 Å². The molecule has 1 atom stereocenters. The van der Waals surface area contributed by atoms with E-state index >= 15 is 0 Å². The van der Waals surface area contributed by atoms with E-state index in [4.69, 9.17) is 5.11 Å². The van der Waals surface area contributed by atoms with E-state index in [2.05, 4.69) is 4.98 Å². The van der Waals surface area contributed by atoms with Crippen LogP contribution in [-0.2, 0) is 4.79 Å². The average Bonchev–Trinajstić information content (AvgIpc) is 2.28. The molecular formula is C9H13NO3. The Kier molecular flexibility index (Phi) is 2.72. The van der Waals surface area contributed by atoms with Crippen LogP contribution in [0.15, 0.2) is 6.07 Å². The molecule has 0 aliphatic rings. The first kappa shape index (κ1) is 9.80. The van der Waals surface area contributed by atoms with Crippen LogP contribution < -0.4 is 0 Å². The number of aliphatic hydroxyl groups is 1. The quantitative estimate of drug-likeness (QED) is 0.657. The Morgan fingerprint density at radius 1 is 1.62 bits per heavy atom. The van der Waals surface area contributed by atoms with Crippen molar-refractivity contribution < 1.29 is 15.0 Å². The highest BCUT2D eigenvalue weighted by atomic mass is 16.4. The van der Waals surface area contributed by atoms with Gasteiger partial charge in [-0.2, -0.15) is 0 Å². The molecule has 0 bridgehead atoms. The molecule has 1 rings (SSSR count). The molecule has 0 spiro atoms. The lowest BCUT2D eigenvalue weighted by atomic mass is 10.1. The smallest absolute Gasteiger partial charge is 0.306 e. The molecule has 0 saturated carbocycles. The normalized spacial score (nSPS) is 12.8. The highest BCUT2D eigenvalue weighted by Gasteiger charge is 2.15. The molecule has 0 amide bonds. The molecule has 0 aromatic carbocycles. The fraction of sp³-hybridized carbons (Fsp3) is 0.444. The van der Waals surface area contributed by atoms with E-state index in [-0.39, 0.29) is 6.42 Å². The van der Waals surface area contributed by atoms with Gasteiger partial charge >= 0.3 is 5.97 Å². The zero-order chi connectivity index (χ0) is 10.0. The van der Waals surface area contributed by atoms with Crippen LogP contribution in [0.25, 0.3) is 0 Å². The minimum atomic E-state index is -0.995. The number of nitrogens with one attached hydrogen (secondary N) is 1. The Bertz CT molecular complexity index is 317. The third-order valence-corrected chi connectivity index (χ3v) is 1.92. The van der Waals surface area contributed by atoms with Crippen molar-refractivity contribution in [1.29, 1.82) is 0 Å². The van der Waals surface area contributed by atoms with E-state index in [0.29, 0.717) is 5.56 Å². The number of hydrogen-bond donors (Lipinski definition) is 3. The van der Waals surface area contributed by atoms with Gasteiger partial charge in [0.25, 0.3) is 0 Å². The molecule has 0 unspecified atom stereocenters. The number of hydrogen-bond acceptors (Lipinski definition) is 2. The summed E-state index contributed by atoms with van der Waals surface area (Å²) in [4.78, 5) is 13.3. The largest absolute Gasteiger partial charge is 0.481 e. The highest BCUT2D eigenvalue weighted by Crippen LogP contribution is 2.21. The lowest BCUT2D eigenvalue weighted by Gasteiger charge is -2.06. The van der Waals surface area contributed by atoms with Gasteiger partial charge < -0.3 is 15.2 Å². The molecule has 0 saturated heterocycles. The first-order valence-electron chi connectivity index (χ1n) is 4.06. The first-order valence-corrected chi connectivity index (χ1v) is 4.06. The Morgan fingerprint density at radius 2 is 2.23 bits per heavy atom. The summed E-state index contributed by atoms with van der Waals surface area (Å²) in [6.45, 7) is 3.68. The van der Waals surface area contributed by atoms with E-state index in [1.807, 2.05) is 13.8 Å². The molecular weight excluding hydrogens is 170 g/mol. The van der Waals surface area contributed by atoms with Crippen molar-refractivity contribution in [2.75, 3.05) is 0 Å². The summed E-state index contributed by atoms with van der Waals surface area (Å²) in [6, 6.07) is 1.77. The van der Waals surface area contributed by atoms with Gasteiger partial charge in [0.05, 0.1) is 12.5 Å². The third kappa shape index (κ3) is 2.32. The topological polar surface area (TPSA) is 73.3 Å². The lowest BCUT2D eigenvalue weighted by Crippen LogP contribution is -2.05. The monoisotopic (exact) mass is 183 g/mol. The molecule has 13 heavy (non-hydrogen) atoms. The molecule has 4 nitrogen and oxygen atoms in total. The number of carboxylic acids is 1. The minimum Gasteiger partial charge on any atom is -0.481 e. The molecule has 4 heteroatoms. The standard InChI is InChI=1S/C9H13NO3/c1-5-3-7(6(2)10-5)8(11)4-9(12)13/h3,8,10-11H,4H2,1-2H3,(H,12,13)/t8-/m1/s1. The fourth-order valence-electron chi connectivity index (χ4n) is 1.37. The van der Waals surface area contributed by atoms with Gasteiger partial charge in [-0.3, -0.25) is 4.79 Å². The van der Waals surface area contributed by atoms with Crippen molar-refractivity contribution in [3.8, 4) is 0 Å². The predicted octanol–water partition coefficient (Wildman–Crippen LogP) is 1.14. The zero-order valence-electron chi connectivity index (χ0n) is 7.66. The van der Waals surface area contributed by atoms with Gasteiger partial charge in [-0.1, -0.05) is 0 Å². The second kappa shape index (κ2) is 3.62. The minimum absolute atomic E-state index is 0.252. The molecule has 0 fully saturated rings. The predicted molar refractivity (Wildman–Crippen MR) is 47.5 cm³/mol. The molecule has 0 radical (unpaired) electrons. The maximum absolute atomic E-state index is 10.3. The van der Waals surface area contributed by atoms with E-state index in [0.717, 1.165) is 11.4 Å². The summed E-state index contributed by atoms with van der Waals surface area (Å²) in [5.41, 5.74) is 2.42. The second-order valence-corrected chi connectivity index (χ2v) is 3.15. The van der Waals surface area contributed by atoms with Crippen LogP contribution in [0.4, 0.5) is 0 Å². The highest BCUT2D eigenvalue weighted by molar-refractivity contribution is 5.67. The summed E-state index contributed by atoms with van der Waals surface area (Å²) in [5, 5.41) is 18.0. The summed E-state index contributed by atoms with van der Waals surface area (Å²) in [5.74, 6) is -0.995. The van der Waals surface area contributed by atoms with Crippen molar-refractivity contribution in [2.45, 2.75) is 26.4 Å². The molecule has 0 aliphatic heterocycles. The van der Waals surface area contributed by atoms with Gasteiger partial charge in [0.2, 0.25) is 0 Å². The van der Waals surface area contributed by atoms with E-state index < -0.39 is 12.1 Å². The van der Waals surface area contributed by atoms with Gasteiger partial charge in [0.15, 0.2) is 0 Å². The van der Waals surface area contributed by atoms with Gasteiger partial charge in [0, 0.05) is 17.0 Å². The van der Waals surface area contributed by atoms with Crippen LogP contribution in [0.5, 0.6) is 0 Å². The van der Waals surface area contributed by atoms with Crippen molar-refractivity contribution in [3.05, 3.63) is 23.0 Å². The maximum Gasteiger partial charge on any atom is 0.306 e. The lowest BCUT2D eigenvalue weighted by molar-refractivity contribution is -0.139. The number of aromatic amines is 1. The van der Waals surface area contributed by atoms with E-state index in [1.165, 1.54) is 0 Å². The Labute approximate surface area is 76.2 Å². The maximum atomic E-state index is 10.3. The van der Waals surface area contributed by atoms with Gasteiger partial charge in [0.1, 0.15) is 0 Å². The number of carbonyl (C=O) groups is 1. The first-order chi connectivity index (χ1) is 6.00. The molecule has 3 N–H and O–H groups in total. The Balaban J connectivity index is 2.81. The summed E-state index contributed by atoms with van der Waals surface area (Å²) < 4.78 is 0. The van der Waals surface area contributed by atoms with Crippen LogP contribution in [0, 0.1) is 13.8 Å². The van der Waals surface area contributed by atoms with E-state index in [9.17, 15) is 9.90 Å². The fourth-order valence-corrected chi connectivity index (χ4v) is 1.37. The molecule has 1 aromatic heterocycles. The van der Waals surface area contributed by atoms with Crippen LogP contribution in [0.3, 0.4) is 0 Å².